The summed E-state index contributed by atoms with van der Waals surface area (Å²) in [5, 5.41) is 6.29. The summed E-state index contributed by atoms with van der Waals surface area (Å²) in [5.41, 5.74) is 0. The lowest BCUT2D eigenvalue weighted by Crippen LogP contribution is -2.47. The van der Waals surface area contributed by atoms with Crippen LogP contribution in [0.2, 0.25) is 0 Å². The number of hydrogen-bond donors (Lipinski definition) is 2. The maximum absolute atomic E-state index is 11.9. The van der Waals surface area contributed by atoms with E-state index >= 15 is 0 Å². The van der Waals surface area contributed by atoms with Crippen LogP contribution in [0.4, 0.5) is 0 Å². The lowest BCUT2D eigenvalue weighted by molar-refractivity contribution is -0.126. The van der Waals surface area contributed by atoms with E-state index in [0.717, 1.165) is 45.6 Å². The van der Waals surface area contributed by atoms with Crippen LogP contribution in [0.1, 0.15) is 12.8 Å². The molecule has 0 spiro atoms. The fraction of sp³-hybridized carbons (Fsp3) is 0.917. The monoisotopic (exact) mass is 241 g/mol. The zero-order valence-corrected chi connectivity index (χ0v) is 10.6. The molecule has 98 valence electrons. The molecule has 2 saturated heterocycles. The fourth-order valence-electron chi connectivity index (χ4n) is 2.43. The Morgan fingerprint density at radius 3 is 2.94 bits per heavy atom. The van der Waals surface area contributed by atoms with Crippen molar-refractivity contribution in [2.24, 2.45) is 5.92 Å². The van der Waals surface area contributed by atoms with Crippen molar-refractivity contribution in [2.45, 2.75) is 18.9 Å². The second-order valence-corrected chi connectivity index (χ2v) is 5.02. The van der Waals surface area contributed by atoms with E-state index in [1.165, 1.54) is 0 Å². The Labute approximate surface area is 103 Å². The van der Waals surface area contributed by atoms with Gasteiger partial charge < -0.3 is 20.3 Å². The molecule has 1 atom stereocenters. The molecule has 0 radical (unpaired) electrons. The molecule has 2 heterocycles. The van der Waals surface area contributed by atoms with Gasteiger partial charge in [0.25, 0.3) is 0 Å². The molecule has 0 saturated carbocycles. The Morgan fingerprint density at radius 2 is 2.24 bits per heavy atom. The minimum absolute atomic E-state index is 0.152. The second-order valence-electron chi connectivity index (χ2n) is 5.02. The predicted octanol–water partition coefficient (Wildman–Crippen LogP) is -0.567. The molecule has 1 unspecified atom stereocenters. The molecule has 0 aromatic heterocycles. The van der Waals surface area contributed by atoms with Gasteiger partial charge in [0.2, 0.25) is 5.91 Å². The third-order valence-electron chi connectivity index (χ3n) is 3.56. The van der Waals surface area contributed by atoms with Crippen LogP contribution in [-0.2, 0) is 9.53 Å². The standard InChI is InChI=1S/C12H23N3O2/c1-15-6-7-17-11(9-15)8-14-12(16)10-2-4-13-5-3-10/h10-11,13H,2-9H2,1H3,(H,14,16). The molecule has 2 N–H and O–H groups in total. The molecule has 2 fully saturated rings. The first kappa shape index (κ1) is 12.8. The third kappa shape index (κ3) is 3.94. The smallest absolute Gasteiger partial charge is 0.223 e. The van der Waals surface area contributed by atoms with Crippen LogP contribution in [0.3, 0.4) is 0 Å². The highest BCUT2D eigenvalue weighted by Crippen LogP contribution is 2.11. The van der Waals surface area contributed by atoms with Crippen LogP contribution < -0.4 is 10.6 Å². The van der Waals surface area contributed by atoms with Crippen molar-refractivity contribution in [3.05, 3.63) is 0 Å². The molecule has 2 aliphatic rings. The molecular weight excluding hydrogens is 218 g/mol. The minimum Gasteiger partial charge on any atom is -0.374 e. The lowest BCUT2D eigenvalue weighted by Gasteiger charge is -2.30. The van der Waals surface area contributed by atoms with Gasteiger partial charge in [-0.15, -0.1) is 0 Å². The number of rotatable bonds is 3. The number of nitrogens with one attached hydrogen (secondary N) is 2. The van der Waals surface area contributed by atoms with Gasteiger partial charge in [-0.25, -0.2) is 0 Å². The molecule has 0 aliphatic carbocycles. The van der Waals surface area contributed by atoms with Crippen LogP contribution in [0.25, 0.3) is 0 Å². The fourth-order valence-corrected chi connectivity index (χ4v) is 2.43. The summed E-state index contributed by atoms with van der Waals surface area (Å²) in [5.74, 6) is 0.390. The van der Waals surface area contributed by atoms with Gasteiger partial charge in [-0.1, -0.05) is 0 Å². The van der Waals surface area contributed by atoms with Crippen molar-refractivity contribution < 1.29 is 9.53 Å². The van der Waals surface area contributed by atoms with Gasteiger partial charge >= 0.3 is 0 Å². The maximum Gasteiger partial charge on any atom is 0.223 e. The summed E-state index contributed by atoms with van der Waals surface area (Å²) in [7, 11) is 2.09. The van der Waals surface area contributed by atoms with Crippen molar-refractivity contribution in [2.75, 3.05) is 46.4 Å². The van der Waals surface area contributed by atoms with Crippen molar-refractivity contribution in [3.8, 4) is 0 Å². The van der Waals surface area contributed by atoms with Gasteiger partial charge in [-0.3, -0.25) is 4.79 Å². The largest absolute Gasteiger partial charge is 0.374 e. The summed E-state index contributed by atoms with van der Waals surface area (Å²) in [6.45, 7) is 5.23. The normalized spacial score (nSPS) is 27.9. The van der Waals surface area contributed by atoms with Crippen molar-refractivity contribution in [1.29, 1.82) is 0 Å². The van der Waals surface area contributed by atoms with E-state index in [2.05, 4.69) is 22.6 Å². The average Bonchev–Trinajstić information content (AvgIpc) is 2.37. The van der Waals surface area contributed by atoms with Crippen LogP contribution in [0.5, 0.6) is 0 Å². The topological polar surface area (TPSA) is 53.6 Å². The van der Waals surface area contributed by atoms with E-state index in [1.807, 2.05) is 0 Å². The van der Waals surface area contributed by atoms with E-state index in [9.17, 15) is 4.79 Å². The Morgan fingerprint density at radius 1 is 1.47 bits per heavy atom. The van der Waals surface area contributed by atoms with Crippen molar-refractivity contribution in [3.63, 3.8) is 0 Å². The molecule has 5 nitrogen and oxygen atoms in total. The summed E-state index contributed by atoms with van der Waals surface area (Å²) < 4.78 is 5.62. The first-order chi connectivity index (χ1) is 8.25. The Balaban J connectivity index is 1.68. The Bertz CT molecular complexity index is 254. The van der Waals surface area contributed by atoms with Crippen molar-refractivity contribution >= 4 is 5.91 Å². The van der Waals surface area contributed by atoms with Gasteiger partial charge in [-0.05, 0) is 33.0 Å². The number of amides is 1. The van der Waals surface area contributed by atoms with E-state index in [4.69, 9.17) is 4.74 Å². The number of morpholine rings is 1. The zero-order valence-electron chi connectivity index (χ0n) is 10.6. The van der Waals surface area contributed by atoms with Crippen molar-refractivity contribution in [1.82, 2.24) is 15.5 Å². The number of carbonyl (C=O) groups is 1. The summed E-state index contributed by atoms with van der Waals surface area (Å²) in [6, 6.07) is 0. The van der Waals surface area contributed by atoms with Crippen LogP contribution in [-0.4, -0.2) is 63.3 Å². The van der Waals surface area contributed by atoms with Gasteiger partial charge in [-0.2, -0.15) is 0 Å². The third-order valence-corrected chi connectivity index (χ3v) is 3.56. The number of hydrogen-bond acceptors (Lipinski definition) is 4. The average molecular weight is 241 g/mol. The molecule has 17 heavy (non-hydrogen) atoms. The second kappa shape index (κ2) is 6.33. The quantitative estimate of drug-likeness (QED) is 0.695. The van der Waals surface area contributed by atoms with Crippen LogP contribution in [0, 0.1) is 5.92 Å². The van der Waals surface area contributed by atoms with Crippen LogP contribution in [0.15, 0.2) is 0 Å². The van der Waals surface area contributed by atoms with Gasteiger partial charge in [0.1, 0.15) is 0 Å². The Kier molecular flexibility index (Phi) is 4.76. The molecule has 0 aromatic rings. The van der Waals surface area contributed by atoms with Crippen LogP contribution >= 0.6 is 0 Å². The SMILES string of the molecule is CN1CCOC(CNC(=O)C2CCNCC2)C1. The maximum atomic E-state index is 11.9. The van der Waals surface area contributed by atoms with Gasteiger partial charge in [0.15, 0.2) is 0 Å². The van der Waals surface area contributed by atoms with E-state index in [0.29, 0.717) is 6.54 Å². The number of piperidine rings is 1. The van der Waals surface area contributed by atoms with Gasteiger partial charge in [0, 0.05) is 25.6 Å². The van der Waals surface area contributed by atoms with Gasteiger partial charge in [0.05, 0.1) is 12.7 Å². The predicted molar refractivity (Wildman–Crippen MR) is 65.8 cm³/mol. The number of nitrogens with zero attached hydrogens (tertiary/aromatic N) is 1. The highest BCUT2D eigenvalue weighted by atomic mass is 16.5. The lowest BCUT2D eigenvalue weighted by atomic mass is 9.97. The van der Waals surface area contributed by atoms with E-state index in [-0.39, 0.29) is 17.9 Å². The summed E-state index contributed by atoms with van der Waals surface area (Å²) >= 11 is 0. The number of ether oxygens (including phenoxy) is 1. The first-order valence-corrected chi connectivity index (χ1v) is 6.54. The Hall–Kier alpha value is -0.650. The molecule has 1 amide bonds. The molecule has 0 aromatic carbocycles. The molecule has 2 rings (SSSR count). The zero-order chi connectivity index (χ0) is 12.1. The summed E-state index contributed by atoms with van der Waals surface area (Å²) in [4.78, 5) is 14.2. The first-order valence-electron chi connectivity index (χ1n) is 6.54. The molecule has 0 bridgehead atoms. The highest BCUT2D eigenvalue weighted by Gasteiger charge is 2.23. The van der Waals surface area contributed by atoms with E-state index < -0.39 is 0 Å². The molecule has 5 heteroatoms. The number of likely N-dealkylation sites (N-methyl/N-ethyl adjacent to an activating group) is 1. The molecular formula is C12H23N3O2. The molecule has 2 aliphatic heterocycles. The van der Waals surface area contributed by atoms with E-state index in [1.54, 1.807) is 0 Å². The number of carbonyl (C=O) groups excluding carboxylic acids is 1. The summed E-state index contributed by atoms with van der Waals surface area (Å²) in [6.07, 6.45) is 2.06. The minimum atomic E-state index is 0.152. The highest BCUT2D eigenvalue weighted by molar-refractivity contribution is 5.78.